The Hall–Kier alpha value is -4.03. The summed E-state index contributed by atoms with van der Waals surface area (Å²) in [6, 6.07) is 19.0. The van der Waals surface area contributed by atoms with Gasteiger partial charge in [-0.1, -0.05) is 24.3 Å². The molecular formula is C20H13N5O. The Bertz CT molecular complexity index is 1240. The third kappa shape index (κ3) is 2.07. The standard InChI is InChI=1S/C20H13N5O/c1-26-13-8-6-12(7-9-13)18-14(10-21)19(23)25-17-5-3-2-4-16(17)24-20(25)15(18)11-22/h2-9H,23H2,1H3. The molecule has 2 N–H and O–H groups in total. The second kappa shape index (κ2) is 5.80. The van der Waals surface area contributed by atoms with Crippen LogP contribution in [0, 0.1) is 22.7 Å². The van der Waals surface area contributed by atoms with Gasteiger partial charge in [0, 0.05) is 5.56 Å². The lowest BCUT2D eigenvalue weighted by Gasteiger charge is -2.13. The first-order valence-electron chi connectivity index (χ1n) is 7.87. The van der Waals surface area contributed by atoms with E-state index in [0.717, 1.165) is 5.52 Å². The zero-order valence-electron chi connectivity index (χ0n) is 13.9. The number of nitrogens with zero attached hydrogens (tertiary/aromatic N) is 4. The van der Waals surface area contributed by atoms with E-state index in [1.54, 1.807) is 35.8 Å². The molecule has 0 bridgehead atoms. The van der Waals surface area contributed by atoms with Crippen LogP contribution in [0.5, 0.6) is 5.75 Å². The fourth-order valence-corrected chi connectivity index (χ4v) is 3.18. The number of hydrogen-bond acceptors (Lipinski definition) is 5. The molecule has 0 radical (unpaired) electrons. The molecule has 0 saturated heterocycles. The molecule has 4 aromatic rings. The van der Waals surface area contributed by atoms with Gasteiger partial charge < -0.3 is 10.5 Å². The number of ether oxygens (including phenoxy) is 1. The summed E-state index contributed by atoms with van der Waals surface area (Å²) in [5.74, 6) is 0.951. The lowest BCUT2D eigenvalue weighted by molar-refractivity contribution is 0.415. The number of nitrogens with two attached hydrogens (primary N) is 1. The molecule has 0 spiro atoms. The Morgan fingerprint density at radius 1 is 1.00 bits per heavy atom. The van der Waals surface area contributed by atoms with Crippen molar-refractivity contribution >= 4 is 22.5 Å². The van der Waals surface area contributed by atoms with Gasteiger partial charge in [0.2, 0.25) is 0 Å². The second-order valence-corrected chi connectivity index (χ2v) is 5.72. The van der Waals surface area contributed by atoms with Crippen LogP contribution in [0.2, 0.25) is 0 Å². The van der Waals surface area contributed by atoms with Gasteiger partial charge in [0.05, 0.1) is 18.1 Å². The predicted octanol–water partition coefficient (Wildman–Crippen LogP) is 3.49. The van der Waals surface area contributed by atoms with Crippen LogP contribution in [0.15, 0.2) is 48.5 Å². The highest BCUT2D eigenvalue weighted by atomic mass is 16.5. The minimum atomic E-state index is 0.252. The largest absolute Gasteiger partial charge is 0.497 e. The summed E-state index contributed by atoms with van der Waals surface area (Å²) in [4.78, 5) is 4.57. The Morgan fingerprint density at radius 2 is 1.69 bits per heavy atom. The number of benzene rings is 2. The van der Waals surface area contributed by atoms with Gasteiger partial charge in [0.25, 0.3) is 0 Å². The average Bonchev–Trinajstić information content (AvgIpc) is 3.07. The summed E-state index contributed by atoms with van der Waals surface area (Å²) < 4.78 is 6.85. The third-order valence-corrected chi connectivity index (χ3v) is 4.38. The lowest BCUT2D eigenvalue weighted by atomic mass is 9.96. The molecule has 0 aliphatic heterocycles. The maximum atomic E-state index is 9.84. The molecule has 124 valence electrons. The van der Waals surface area contributed by atoms with Crippen LogP contribution in [0.3, 0.4) is 0 Å². The normalized spacial score (nSPS) is 10.6. The summed E-state index contributed by atoms with van der Waals surface area (Å²) in [5.41, 5.74) is 10.00. The first-order chi connectivity index (χ1) is 12.7. The monoisotopic (exact) mass is 339 g/mol. The molecular weight excluding hydrogens is 326 g/mol. The molecule has 2 aromatic heterocycles. The summed E-state index contributed by atoms with van der Waals surface area (Å²) >= 11 is 0. The van der Waals surface area contributed by atoms with Crippen molar-refractivity contribution < 1.29 is 4.74 Å². The van der Waals surface area contributed by atoms with E-state index in [0.29, 0.717) is 33.6 Å². The highest BCUT2D eigenvalue weighted by Crippen LogP contribution is 2.36. The van der Waals surface area contributed by atoms with E-state index < -0.39 is 0 Å². The van der Waals surface area contributed by atoms with Gasteiger partial charge in [-0.05, 0) is 29.8 Å². The predicted molar refractivity (Wildman–Crippen MR) is 98.5 cm³/mol. The number of para-hydroxylation sites is 2. The zero-order valence-corrected chi connectivity index (χ0v) is 13.9. The number of fused-ring (bicyclic) bond motifs is 3. The highest BCUT2D eigenvalue weighted by molar-refractivity contribution is 5.92. The fourth-order valence-electron chi connectivity index (χ4n) is 3.18. The molecule has 26 heavy (non-hydrogen) atoms. The molecule has 0 amide bonds. The van der Waals surface area contributed by atoms with Gasteiger partial charge in [-0.15, -0.1) is 0 Å². The van der Waals surface area contributed by atoms with E-state index in [2.05, 4.69) is 17.1 Å². The smallest absolute Gasteiger partial charge is 0.158 e. The van der Waals surface area contributed by atoms with E-state index in [1.807, 2.05) is 24.3 Å². The van der Waals surface area contributed by atoms with E-state index >= 15 is 0 Å². The second-order valence-electron chi connectivity index (χ2n) is 5.72. The van der Waals surface area contributed by atoms with E-state index in [-0.39, 0.29) is 11.4 Å². The summed E-state index contributed by atoms with van der Waals surface area (Å²) in [6.45, 7) is 0. The molecule has 0 aliphatic carbocycles. The maximum Gasteiger partial charge on any atom is 0.158 e. The minimum absolute atomic E-state index is 0.252. The van der Waals surface area contributed by atoms with Gasteiger partial charge in [0.1, 0.15) is 34.8 Å². The van der Waals surface area contributed by atoms with Crippen LogP contribution in [0.4, 0.5) is 5.82 Å². The highest BCUT2D eigenvalue weighted by Gasteiger charge is 2.22. The number of nitrogen functional groups attached to an aromatic ring is 1. The SMILES string of the molecule is COc1ccc(-c2c(C#N)c(N)n3c(nc4ccccc43)c2C#N)cc1. The first-order valence-corrected chi connectivity index (χ1v) is 7.87. The number of methoxy groups -OCH3 is 1. The van der Waals surface area contributed by atoms with Gasteiger partial charge in [-0.3, -0.25) is 4.40 Å². The molecule has 2 heterocycles. The third-order valence-electron chi connectivity index (χ3n) is 4.38. The van der Waals surface area contributed by atoms with Crippen LogP contribution in [-0.4, -0.2) is 16.5 Å². The number of rotatable bonds is 2. The topological polar surface area (TPSA) is 100 Å². The Kier molecular flexibility index (Phi) is 3.46. The molecule has 6 nitrogen and oxygen atoms in total. The molecule has 0 atom stereocenters. The molecule has 0 aliphatic rings. The Labute approximate surface area is 149 Å². The van der Waals surface area contributed by atoms with Crippen molar-refractivity contribution in [2.45, 2.75) is 0 Å². The molecule has 2 aromatic carbocycles. The quantitative estimate of drug-likeness (QED) is 0.602. The summed E-state index contributed by atoms with van der Waals surface area (Å²) in [7, 11) is 1.58. The number of pyridine rings is 1. The number of nitriles is 2. The van der Waals surface area contributed by atoms with Crippen molar-refractivity contribution in [3.05, 3.63) is 59.7 Å². The van der Waals surface area contributed by atoms with Crippen LogP contribution in [-0.2, 0) is 0 Å². The van der Waals surface area contributed by atoms with Gasteiger partial charge in [-0.2, -0.15) is 10.5 Å². The van der Waals surface area contributed by atoms with E-state index in [9.17, 15) is 10.5 Å². The zero-order chi connectivity index (χ0) is 18.3. The van der Waals surface area contributed by atoms with Gasteiger partial charge in [-0.25, -0.2) is 4.98 Å². The van der Waals surface area contributed by atoms with Crippen molar-refractivity contribution in [2.24, 2.45) is 0 Å². The van der Waals surface area contributed by atoms with Crippen LogP contribution >= 0.6 is 0 Å². The lowest BCUT2D eigenvalue weighted by Crippen LogP contribution is -2.05. The molecule has 0 unspecified atom stereocenters. The van der Waals surface area contributed by atoms with Crippen molar-refractivity contribution in [3.63, 3.8) is 0 Å². The van der Waals surface area contributed by atoms with Gasteiger partial charge in [0.15, 0.2) is 5.65 Å². The molecule has 4 rings (SSSR count). The van der Waals surface area contributed by atoms with Crippen molar-refractivity contribution in [2.75, 3.05) is 12.8 Å². The van der Waals surface area contributed by atoms with Crippen molar-refractivity contribution in [1.82, 2.24) is 9.38 Å². The Morgan fingerprint density at radius 3 is 2.35 bits per heavy atom. The van der Waals surface area contributed by atoms with Crippen LogP contribution < -0.4 is 10.5 Å². The Balaban J connectivity index is 2.17. The molecule has 0 fully saturated rings. The summed E-state index contributed by atoms with van der Waals surface area (Å²) in [5, 5.41) is 19.6. The number of hydrogen-bond donors (Lipinski definition) is 1. The maximum absolute atomic E-state index is 9.84. The number of anilines is 1. The molecule has 6 heteroatoms. The number of aromatic nitrogens is 2. The molecule has 0 saturated carbocycles. The van der Waals surface area contributed by atoms with Crippen LogP contribution in [0.1, 0.15) is 11.1 Å². The van der Waals surface area contributed by atoms with Crippen molar-refractivity contribution in [3.8, 4) is 29.0 Å². The number of imidazole rings is 1. The minimum Gasteiger partial charge on any atom is -0.497 e. The first kappa shape index (κ1) is 15.5. The van der Waals surface area contributed by atoms with E-state index in [1.165, 1.54) is 0 Å². The van der Waals surface area contributed by atoms with Crippen LogP contribution in [0.25, 0.3) is 27.8 Å². The fraction of sp³-hybridized carbons (Fsp3) is 0.0500. The van der Waals surface area contributed by atoms with E-state index in [4.69, 9.17) is 10.5 Å². The average molecular weight is 339 g/mol. The van der Waals surface area contributed by atoms with Crippen molar-refractivity contribution in [1.29, 1.82) is 10.5 Å². The summed E-state index contributed by atoms with van der Waals surface area (Å²) in [6.07, 6.45) is 0. The van der Waals surface area contributed by atoms with Gasteiger partial charge >= 0.3 is 0 Å².